The fraction of sp³-hybridized carbons (Fsp3) is 0.421. The first-order chi connectivity index (χ1) is 11.9. The van der Waals surface area contributed by atoms with Crippen LogP contribution in [0.25, 0.3) is 0 Å². The molecule has 3 heterocycles. The molecular formula is C19H22N2O3. The molecule has 4 rings (SSSR count). The molecule has 0 atom stereocenters. The highest BCUT2D eigenvalue weighted by Gasteiger charge is 2.35. The highest BCUT2D eigenvalue weighted by atomic mass is 16.7. The third kappa shape index (κ3) is 3.09. The first-order valence-electron chi connectivity index (χ1n) is 8.44. The van der Waals surface area contributed by atoms with Gasteiger partial charge in [-0.25, -0.2) is 0 Å². The zero-order chi connectivity index (χ0) is 16.2. The van der Waals surface area contributed by atoms with Crippen molar-refractivity contribution in [1.82, 2.24) is 10.3 Å². The average molecular weight is 326 g/mol. The lowest BCUT2D eigenvalue weighted by Crippen LogP contribution is -2.42. The molecule has 0 radical (unpaired) electrons. The van der Waals surface area contributed by atoms with E-state index in [-0.39, 0.29) is 5.41 Å². The standard InChI is InChI=1S/C19H22N2O3/c1-2-8-21-16(3-1)12-20-13-19(6-9-22-10-7-19)15-4-5-17-18(11-15)24-14-23-17/h1-5,8,11,20H,6-7,9-10,12-14H2. The van der Waals surface area contributed by atoms with Gasteiger partial charge in [0.25, 0.3) is 0 Å². The molecule has 0 aliphatic carbocycles. The normalized spacial score (nSPS) is 18.5. The summed E-state index contributed by atoms with van der Waals surface area (Å²) in [5, 5.41) is 3.59. The summed E-state index contributed by atoms with van der Waals surface area (Å²) in [4.78, 5) is 4.38. The van der Waals surface area contributed by atoms with Gasteiger partial charge in [-0.15, -0.1) is 0 Å². The van der Waals surface area contributed by atoms with Crippen LogP contribution in [0.5, 0.6) is 11.5 Å². The Bertz CT molecular complexity index is 684. The van der Waals surface area contributed by atoms with Crippen LogP contribution in [-0.2, 0) is 16.7 Å². The molecular weight excluding hydrogens is 304 g/mol. The van der Waals surface area contributed by atoms with Crippen molar-refractivity contribution in [2.24, 2.45) is 0 Å². The molecule has 1 aromatic carbocycles. The SMILES string of the molecule is c1ccc(CNCC2(c3ccc4c(c3)OCO4)CCOCC2)nc1. The summed E-state index contributed by atoms with van der Waals surface area (Å²) in [6.07, 6.45) is 3.84. The summed E-state index contributed by atoms with van der Waals surface area (Å²) in [5.74, 6) is 1.69. The van der Waals surface area contributed by atoms with Crippen molar-refractivity contribution in [3.63, 3.8) is 0 Å². The van der Waals surface area contributed by atoms with E-state index in [4.69, 9.17) is 14.2 Å². The van der Waals surface area contributed by atoms with E-state index >= 15 is 0 Å². The second-order valence-electron chi connectivity index (χ2n) is 6.39. The van der Waals surface area contributed by atoms with Gasteiger partial charge in [0.2, 0.25) is 6.79 Å². The summed E-state index contributed by atoms with van der Waals surface area (Å²) in [7, 11) is 0. The first-order valence-corrected chi connectivity index (χ1v) is 8.44. The predicted molar refractivity (Wildman–Crippen MR) is 90.2 cm³/mol. The molecule has 5 nitrogen and oxygen atoms in total. The number of fused-ring (bicyclic) bond motifs is 1. The Labute approximate surface area is 142 Å². The van der Waals surface area contributed by atoms with Gasteiger partial charge in [0.1, 0.15) is 0 Å². The van der Waals surface area contributed by atoms with Gasteiger partial charge in [-0.1, -0.05) is 12.1 Å². The van der Waals surface area contributed by atoms with Crippen LogP contribution < -0.4 is 14.8 Å². The van der Waals surface area contributed by atoms with Crippen molar-refractivity contribution in [2.75, 3.05) is 26.6 Å². The van der Waals surface area contributed by atoms with E-state index in [1.54, 1.807) is 0 Å². The molecule has 0 saturated carbocycles. The Balaban J connectivity index is 1.52. The summed E-state index contributed by atoms with van der Waals surface area (Å²) in [6.45, 7) is 3.56. The average Bonchev–Trinajstić information content (AvgIpc) is 3.11. The molecule has 0 amide bonds. The Morgan fingerprint density at radius 2 is 1.92 bits per heavy atom. The number of nitrogens with one attached hydrogen (secondary N) is 1. The minimum atomic E-state index is 0.0635. The number of ether oxygens (including phenoxy) is 3. The molecule has 5 heteroatoms. The quantitative estimate of drug-likeness (QED) is 0.915. The molecule has 1 N–H and O–H groups in total. The van der Waals surface area contributed by atoms with Crippen LogP contribution in [0.4, 0.5) is 0 Å². The third-order valence-electron chi connectivity index (χ3n) is 4.93. The highest BCUT2D eigenvalue weighted by Crippen LogP contribution is 2.40. The Hall–Kier alpha value is -2.11. The van der Waals surface area contributed by atoms with Crippen LogP contribution in [0, 0.1) is 0 Å². The topological polar surface area (TPSA) is 52.6 Å². The number of rotatable bonds is 5. The summed E-state index contributed by atoms with van der Waals surface area (Å²) in [5.41, 5.74) is 2.42. The van der Waals surface area contributed by atoms with Gasteiger partial charge < -0.3 is 19.5 Å². The van der Waals surface area contributed by atoms with Crippen molar-refractivity contribution >= 4 is 0 Å². The van der Waals surface area contributed by atoms with Gasteiger partial charge in [0.15, 0.2) is 11.5 Å². The van der Waals surface area contributed by atoms with Crippen LogP contribution in [0.1, 0.15) is 24.1 Å². The second-order valence-corrected chi connectivity index (χ2v) is 6.39. The number of benzene rings is 1. The minimum Gasteiger partial charge on any atom is -0.454 e. The lowest BCUT2D eigenvalue weighted by atomic mass is 9.74. The van der Waals surface area contributed by atoms with Crippen molar-refractivity contribution in [2.45, 2.75) is 24.8 Å². The second kappa shape index (κ2) is 6.79. The maximum Gasteiger partial charge on any atom is 0.231 e. The predicted octanol–water partition coefficient (Wildman–Crippen LogP) is 2.65. The fourth-order valence-electron chi connectivity index (χ4n) is 3.49. The number of hydrogen-bond donors (Lipinski definition) is 1. The Kier molecular flexibility index (Phi) is 4.36. The lowest BCUT2D eigenvalue weighted by Gasteiger charge is -2.38. The summed E-state index contributed by atoms with van der Waals surface area (Å²) >= 11 is 0. The highest BCUT2D eigenvalue weighted by molar-refractivity contribution is 5.47. The maximum atomic E-state index is 5.61. The summed E-state index contributed by atoms with van der Waals surface area (Å²) in [6, 6.07) is 12.3. The largest absolute Gasteiger partial charge is 0.454 e. The molecule has 2 aliphatic rings. The Morgan fingerprint density at radius 3 is 2.75 bits per heavy atom. The monoisotopic (exact) mass is 326 g/mol. The van der Waals surface area contributed by atoms with Gasteiger partial charge in [-0.05, 0) is 42.7 Å². The van der Waals surface area contributed by atoms with Crippen LogP contribution >= 0.6 is 0 Å². The number of hydrogen-bond acceptors (Lipinski definition) is 5. The number of nitrogens with zero attached hydrogens (tertiary/aromatic N) is 1. The zero-order valence-corrected chi connectivity index (χ0v) is 13.7. The molecule has 2 aliphatic heterocycles. The summed E-state index contributed by atoms with van der Waals surface area (Å²) < 4.78 is 16.6. The molecule has 1 aromatic heterocycles. The van der Waals surface area contributed by atoms with E-state index < -0.39 is 0 Å². The van der Waals surface area contributed by atoms with Gasteiger partial charge in [-0.2, -0.15) is 0 Å². The van der Waals surface area contributed by atoms with Crippen LogP contribution in [0.15, 0.2) is 42.6 Å². The van der Waals surface area contributed by atoms with Gasteiger partial charge in [-0.3, -0.25) is 4.98 Å². The van der Waals surface area contributed by atoms with Gasteiger partial charge >= 0.3 is 0 Å². The molecule has 0 bridgehead atoms. The van der Waals surface area contributed by atoms with E-state index in [0.29, 0.717) is 6.79 Å². The molecule has 24 heavy (non-hydrogen) atoms. The first kappa shape index (κ1) is 15.4. The Morgan fingerprint density at radius 1 is 1.04 bits per heavy atom. The molecule has 126 valence electrons. The van der Waals surface area contributed by atoms with E-state index in [0.717, 1.165) is 56.3 Å². The fourth-order valence-corrected chi connectivity index (χ4v) is 3.49. The van der Waals surface area contributed by atoms with E-state index in [9.17, 15) is 0 Å². The van der Waals surface area contributed by atoms with Gasteiger partial charge in [0.05, 0.1) is 5.69 Å². The molecule has 1 fully saturated rings. The smallest absolute Gasteiger partial charge is 0.231 e. The minimum absolute atomic E-state index is 0.0635. The van der Waals surface area contributed by atoms with Crippen LogP contribution in [0.2, 0.25) is 0 Å². The molecule has 2 aromatic rings. The van der Waals surface area contributed by atoms with E-state index in [2.05, 4.69) is 22.4 Å². The van der Waals surface area contributed by atoms with Crippen molar-refractivity contribution in [3.05, 3.63) is 53.9 Å². The molecule has 0 spiro atoms. The van der Waals surface area contributed by atoms with E-state index in [1.807, 2.05) is 30.5 Å². The van der Waals surface area contributed by atoms with Crippen molar-refractivity contribution < 1.29 is 14.2 Å². The molecule has 0 unspecified atom stereocenters. The van der Waals surface area contributed by atoms with Crippen LogP contribution in [-0.4, -0.2) is 31.5 Å². The number of aromatic nitrogens is 1. The van der Waals surface area contributed by atoms with E-state index in [1.165, 1.54) is 5.56 Å². The van der Waals surface area contributed by atoms with Crippen LogP contribution in [0.3, 0.4) is 0 Å². The van der Waals surface area contributed by atoms with Crippen molar-refractivity contribution in [1.29, 1.82) is 0 Å². The third-order valence-corrected chi connectivity index (χ3v) is 4.93. The van der Waals surface area contributed by atoms with Gasteiger partial charge in [0, 0.05) is 37.9 Å². The van der Waals surface area contributed by atoms with Crippen molar-refractivity contribution in [3.8, 4) is 11.5 Å². The molecule has 1 saturated heterocycles. The zero-order valence-electron chi connectivity index (χ0n) is 13.7. The maximum absolute atomic E-state index is 5.61. The lowest BCUT2D eigenvalue weighted by molar-refractivity contribution is 0.0497. The number of pyridine rings is 1.